The molecule has 0 heterocycles. The van der Waals surface area contributed by atoms with Crippen LogP contribution in [0.2, 0.25) is 0 Å². The first-order valence-corrected chi connectivity index (χ1v) is 12.1. The van der Waals surface area contributed by atoms with Crippen molar-refractivity contribution in [2.24, 2.45) is 0 Å². The molecule has 0 saturated carbocycles. The number of methoxy groups -OCH3 is 3. The van der Waals surface area contributed by atoms with Crippen molar-refractivity contribution in [3.63, 3.8) is 0 Å². The molecule has 0 aliphatic rings. The van der Waals surface area contributed by atoms with Gasteiger partial charge in [0.05, 0.1) is 26.2 Å². The van der Waals surface area contributed by atoms with Crippen LogP contribution in [0.25, 0.3) is 6.08 Å². The van der Waals surface area contributed by atoms with Gasteiger partial charge >= 0.3 is 0 Å². The topological polar surface area (TPSA) is 94.2 Å². The van der Waals surface area contributed by atoms with Gasteiger partial charge in [-0.25, -0.2) is 8.42 Å². The lowest BCUT2D eigenvalue weighted by Crippen LogP contribution is -2.32. The van der Waals surface area contributed by atoms with E-state index >= 15 is 0 Å². The van der Waals surface area contributed by atoms with Crippen LogP contribution in [-0.4, -0.2) is 53.0 Å². The molecule has 0 atom stereocenters. The standard InChI is InChI=1S/C24H32N2O6S/c1-6-14-26(15-7-2)33(28,29)20-11-9-19(10-12-20)25-23(27)13-8-18-16-21(30-3)24(32-5)22(17-18)31-4/h8-13,16-17H,6-7,14-15H2,1-5H3,(H,25,27). The molecule has 0 radical (unpaired) electrons. The van der Waals surface area contributed by atoms with Crippen LogP contribution in [0, 0.1) is 0 Å². The number of anilines is 1. The summed E-state index contributed by atoms with van der Waals surface area (Å²) in [5, 5.41) is 2.73. The molecule has 2 rings (SSSR count). The molecule has 0 aliphatic carbocycles. The van der Waals surface area contributed by atoms with Crippen LogP contribution >= 0.6 is 0 Å². The van der Waals surface area contributed by atoms with Crippen molar-refractivity contribution in [3.05, 3.63) is 48.0 Å². The number of ether oxygens (including phenoxy) is 3. The maximum absolute atomic E-state index is 12.9. The molecular weight excluding hydrogens is 444 g/mol. The smallest absolute Gasteiger partial charge is 0.248 e. The average molecular weight is 477 g/mol. The van der Waals surface area contributed by atoms with E-state index in [1.165, 1.54) is 43.8 Å². The highest BCUT2D eigenvalue weighted by molar-refractivity contribution is 7.89. The first kappa shape index (κ1) is 26.2. The van der Waals surface area contributed by atoms with Gasteiger partial charge in [-0.1, -0.05) is 13.8 Å². The Kier molecular flexibility index (Phi) is 9.74. The number of benzene rings is 2. The molecular formula is C24H32N2O6S. The maximum atomic E-state index is 12.9. The Morgan fingerprint density at radius 2 is 1.48 bits per heavy atom. The van der Waals surface area contributed by atoms with Crippen molar-refractivity contribution >= 4 is 27.7 Å². The lowest BCUT2D eigenvalue weighted by molar-refractivity contribution is -0.111. The second-order valence-electron chi connectivity index (χ2n) is 7.21. The molecule has 2 aromatic rings. The molecule has 1 amide bonds. The Labute approximate surface area is 196 Å². The molecule has 8 nitrogen and oxygen atoms in total. The highest BCUT2D eigenvalue weighted by atomic mass is 32.2. The van der Waals surface area contributed by atoms with Gasteiger partial charge < -0.3 is 19.5 Å². The van der Waals surface area contributed by atoms with Gasteiger partial charge in [-0.3, -0.25) is 4.79 Å². The summed E-state index contributed by atoms with van der Waals surface area (Å²) in [5.41, 5.74) is 1.18. The molecule has 1 N–H and O–H groups in total. The van der Waals surface area contributed by atoms with Crippen LogP contribution in [0.15, 0.2) is 47.4 Å². The largest absolute Gasteiger partial charge is 0.493 e. The molecule has 0 aromatic heterocycles. The van der Waals surface area contributed by atoms with E-state index in [0.717, 1.165) is 12.8 Å². The summed E-state index contributed by atoms with van der Waals surface area (Å²) in [5.74, 6) is 1.06. The third-order valence-corrected chi connectivity index (χ3v) is 6.73. The summed E-state index contributed by atoms with van der Waals surface area (Å²) in [6.07, 6.45) is 4.47. The third-order valence-electron chi connectivity index (χ3n) is 4.82. The normalized spacial score (nSPS) is 11.6. The second-order valence-corrected chi connectivity index (χ2v) is 9.15. The number of amides is 1. The Bertz CT molecular complexity index is 1030. The monoisotopic (exact) mass is 476 g/mol. The van der Waals surface area contributed by atoms with E-state index in [1.54, 1.807) is 30.3 Å². The number of carbonyl (C=O) groups excluding carboxylic acids is 1. The van der Waals surface area contributed by atoms with Gasteiger partial charge in [0, 0.05) is 24.9 Å². The van der Waals surface area contributed by atoms with Crippen LogP contribution in [0.1, 0.15) is 32.3 Å². The zero-order chi connectivity index (χ0) is 24.4. The van der Waals surface area contributed by atoms with Crippen LogP contribution in [0.3, 0.4) is 0 Å². The number of rotatable bonds is 12. The maximum Gasteiger partial charge on any atom is 0.248 e. The fourth-order valence-corrected chi connectivity index (χ4v) is 4.89. The van der Waals surface area contributed by atoms with Crippen molar-refractivity contribution in [2.45, 2.75) is 31.6 Å². The van der Waals surface area contributed by atoms with E-state index in [1.807, 2.05) is 13.8 Å². The minimum atomic E-state index is -3.56. The summed E-state index contributed by atoms with van der Waals surface area (Å²) in [7, 11) is 0.993. The number of hydrogen-bond acceptors (Lipinski definition) is 6. The van der Waals surface area contributed by atoms with Crippen molar-refractivity contribution in [2.75, 3.05) is 39.7 Å². The average Bonchev–Trinajstić information content (AvgIpc) is 2.82. The lowest BCUT2D eigenvalue weighted by atomic mass is 10.1. The fraction of sp³-hybridized carbons (Fsp3) is 0.375. The van der Waals surface area contributed by atoms with E-state index in [2.05, 4.69) is 5.32 Å². The Balaban J connectivity index is 2.13. The molecule has 0 spiro atoms. The number of sulfonamides is 1. The molecule has 2 aromatic carbocycles. The third kappa shape index (κ3) is 6.72. The minimum absolute atomic E-state index is 0.204. The van der Waals surface area contributed by atoms with E-state index in [0.29, 0.717) is 41.6 Å². The summed E-state index contributed by atoms with van der Waals surface area (Å²) >= 11 is 0. The van der Waals surface area contributed by atoms with Gasteiger partial charge in [0.25, 0.3) is 0 Å². The van der Waals surface area contributed by atoms with Crippen molar-refractivity contribution in [1.82, 2.24) is 4.31 Å². The van der Waals surface area contributed by atoms with Gasteiger partial charge in [-0.15, -0.1) is 0 Å². The molecule has 180 valence electrons. The molecule has 0 aliphatic heterocycles. The quantitative estimate of drug-likeness (QED) is 0.462. The molecule has 33 heavy (non-hydrogen) atoms. The summed E-state index contributed by atoms with van der Waals surface area (Å²) in [6, 6.07) is 9.62. The summed E-state index contributed by atoms with van der Waals surface area (Å²) < 4.78 is 43.1. The Hall–Kier alpha value is -3.04. The van der Waals surface area contributed by atoms with Crippen molar-refractivity contribution in [1.29, 1.82) is 0 Å². The van der Waals surface area contributed by atoms with Gasteiger partial charge in [0.2, 0.25) is 21.7 Å². The zero-order valence-corrected chi connectivity index (χ0v) is 20.6. The highest BCUT2D eigenvalue weighted by Crippen LogP contribution is 2.38. The number of carbonyl (C=O) groups is 1. The first-order chi connectivity index (χ1) is 15.8. The van der Waals surface area contributed by atoms with Gasteiger partial charge in [0.1, 0.15) is 0 Å². The predicted octanol–water partition coefficient (Wildman–Crippen LogP) is 4.18. The van der Waals surface area contributed by atoms with Crippen LogP contribution in [0.5, 0.6) is 17.2 Å². The minimum Gasteiger partial charge on any atom is -0.493 e. The van der Waals surface area contributed by atoms with Crippen molar-refractivity contribution in [3.8, 4) is 17.2 Å². The second kappa shape index (κ2) is 12.3. The van der Waals surface area contributed by atoms with Gasteiger partial charge in [-0.2, -0.15) is 4.31 Å². The number of nitrogens with zero attached hydrogens (tertiary/aromatic N) is 1. The van der Waals surface area contributed by atoms with Crippen LogP contribution in [0.4, 0.5) is 5.69 Å². The van der Waals surface area contributed by atoms with E-state index in [9.17, 15) is 13.2 Å². The SMILES string of the molecule is CCCN(CCC)S(=O)(=O)c1ccc(NC(=O)C=Cc2cc(OC)c(OC)c(OC)c2)cc1. The predicted molar refractivity (Wildman–Crippen MR) is 130 cm³/mol. The van der Waals surface area contributed by atoms with E-state index < -0.39 is 10.0 Å². The summed E-state index contributed by atoms with van der Waals surface area (Å²) in [4.78, 5) is 12.6. The lowest BCUT2D eigenvalue weighted by Gasteiger charge is -2.21. The van der Waals surface area contributed by atoms with Crippen LogP contribution in [-0.2, 0) is 14.8 Å². The van der Waals surface area contributed by atoms with Gasteiger partial charge in [0.15, 0.2) is 11.5 Å². The van der Waals surface area contributed by atoms with Crippen molar-refractivity contribution < 1.29 is 27.4 Å². The fourth-order valence-electron chi connectivity index (χ4n) is 3.26. The first-order valence-electron chi connectivity index (χ1n) is 10.7. The number of nitrogens with one attached hydrogen (secondary N) is 1. The Morgan fingerprint density at radius 3 is 1.94 bits per heavy atom. The zero-order valence-electron chi connectivity index (χ0n) is 19.8. The molecule has 0 fully saturated rings. The molecule has 0 unspecified atom stereocenters. The molecule has 0 bridgehead atoms. The van der Waals surface area contributed by atoms with Gasteiger partial charge in [-0.05, 0) is 60.9 Å². The number of hydrogen-bond donors (Lipinski definition) is 1. The van der Waals surface area contributed by atoms with E-state index in [4.69, 9.17) is 14.2 Å². The molecule has 0 saturated heterocycles. The highest BCUT2D eigenvalue weighted by Gasteiger charge is 2.22. The Morgan fingerprint density at radius 1 is 0.939 bits per heavy atom. The van der Waals surface area contributed by atoms with Crippen LogP contribution < -0.4 is 19.5 Å². The molecule has 9 heteroatoms. The summed E-state index contributed by atoms with van der Waals surface area (Å²) in [6.45, 7) is 4.84. The van der Waals surface area contributed by atoms with E-state index in [-0.39, 0.29) is 10.8 Å².